The first-order valence-corrected chi connectivity index (χ1v) is 8.03. The number of sulfonamides is 1. The maximum Gasteiger partial charge on any atom is 0.242 e. The van der Waals surface area contributed by atoms with Crippen LogP contribution in [0.25, 0.3) is 0 Å². The van der Waals surface area contributed by atoms with Crippen molar-refractivity contribution in [3.63, 3.8) is 0 Å². The standard InChI is InChI=1S/C14H20FN3O2S/c1-10(2)13(9-18(3)4)17-21(19,20)14-7-5-6-12(15)11(14)8-16/h5-7,10,13,17H,9H2,1-4H3. The predicted molar refractivity (Wildman–Crippen MR) is 78.6 cm³/mol. The van der Waals surface area contributed by atoms with Gasteiger partial charge in [0.15, 0.2) is 0 Å². The van der Waals surface area contributed by atoms with E-state index < -0.39 is 21.4 Å². The highest BCUT2D eigenvalue weighted by Crippen LogP contribution is 2.19. The molecule has 0 aromatic heterocycles. The van der Waals surface area contributed by atoms with E-state index in [2.05, 4.69) is 4.72 Å². The van der Waals surface area contributed by atoms with Crippen molar-refractivity contribution in [2.45, 2.75) is 24.8 Å². The minimum atomic E-state index is -3.95. The Hall–Kier alpha value is -1.49. The average Bonchev–Trinajstić information content (AvgIpc) is 2.36. The van der Waals surface area contributed by atoms with Gasteiger partial charge in [-0.15, -0.1) is 0 Å². The first-order valence-electron chi connectivity index (χ1n) is 6.54. The lowest BCUT2D eigenvalue weighted by Gasteiger charge is -2.25. The van der Waals surface area contributed by atoms with Gasteiger partial charge in [0.1, 0.15) is 22.3 Å². The van der Waals surface area contributed by atoms with Crippen LogP contribution in [-0.2, 0) is 10.0 Å². The Labute approximate surface area is 125 Å². The number of likely N-dealkylation sites (N-methyl/N-ethyl adjacent to an activating group) is 1. The van der Waals surface area contributed by atoms with Gasteiger partial charge in [-0.2, -0.15) is 5.26 Å². The lowest BCUT2D eigenvalue weighted by molar-refractivity contribution is 0.314. The van der Waals surface area contributed by atoms with E-state index >= 15 is 0 Å². The number of hydrogen-bond acceptors (Lipinski definition) is 4. The van der Waals surface area contributed by atoms with Gasteiger partial charge < -0.3 is 4.90 Å². The third-order valence-corrected chi connectivity index (χ3v) is 4.58. The molecule has 0 aliphatic rings. The van der Waals surface area contributed by atoms with Crippen LogP contribution in [0.5, 0.6) is 0 Å². The lowest BCUT2D eigenvalue weighted by Crippen LogP contribution is -2.45. The minimum absolute atomic E-state index is 0.0567. The fourth-order valence-electron chi connectivity index (χ4n) is 1.88. The van der Waals surface area contributed by atoms with Crippen LogP contribution < -0.4 is 4.72 Å². The van der Waals surface area contributed by atoms with Gasteiger partial charge in [0.2, 0.25) is 10.0 Å². The van der Waals surface area contributed by atoms with Crippen LogP contribution >= 0.6 is 0 Å². The summed E-state index contributed by atoms with van der Waals surface area (Å²) < 4.78 is 40.9. The van der Waals surface area contributed by atoms with E-state index in [4.69, 9.17) is 5.26 Å². The minimum Gasteiger partial charge on any atom is -0.308 e. The Morgan fingerprint density at radius 2 is 2.00 bits per heavy atom. The summed E-state index contributed by atoms with van der Waals surface area (Å²) in [5.41, 5.74) is -0.461. The van der Waals surface area contributed by atoms with Crippen molar-refractivity contribution in [2.24, 2.45) is 5.92 Å². The lowest BCUT2D eigenvalue weighted by atomic mass is 10.1. The Bertz CT molecular complexity index is 636. The van der Waals surface area contributed by atoms with Gasteiger partial charge in [-0.3, -0.25) is 0 Å². The second-order valence-corrected chi connectivity index (χ2v) is 7.14. The number of rotatable bonds is 6. The number of nitriles is 1. The molecule has 0 radical (unpaired) electrons. The van der Waals surface area contributed by atoms with E-state index in [-0.39, 0.29) is 16.9 Å². The molecule has 0 bridgehead atoms. The Morgan fingerprint density at radius 3 is 2.48 bits per heavy atom. The first kappa shape index (κ1) is 17.6. The van der Waals surface area contributed by atoms with Crippen molar-refractivity contribution in [3.8, 4) is 6.07 Å². The fraction of sp³-hybridized carbons (Fsp3) is 0.500. The molecule has 0 heterocycles. The number of hydrogen-bond donors (Lipinski definition) is 1. The molecule has 0 fully saturated rings. The van der Waals surface area contributed by atoms with Crippen molar-refractivity contribution in [1.82, 2.24) is 9.62 Å². The van der Waals surface area contributed by atoms with Gasteiger partial charge >= 0.3 is 0 Å². The monoisotopic (exact) mass is 313 g/mol. The molecule has 0 aliphatic heterocycles. The van der Waals surface area contributed by atoms with Gasteiger partial charge in [0, 0.05) is 12.6 Å². The number of nitrogens with zero attached hydrogens (tertiary/aromatic N) is 2. The van der Waals surface area contributed by atoms with Gasteiger partial charge in [0.05, 0.1) is 0 Å². The van der Waals surface area contributed by atoms with Gasteiger partial charge in [-0.05, 0) is 32.1 Å². The van der Waals surface area contributed by atoms with Crippen molar-refractivity contribution in [1.29, 1.82) is 5.26 Å². The maximum atomic E-state index is 13.6. The average molecular weight is 313 g/mol. The number of halogens is 1. The summed E-state index contributed by atoms with van der Waals surface area (Å²) in [6, 6.07) is 4.85. The van der Waals surface area contributed by atoms with Crippen molar-refractivity contribution < 1.29 is 12.8 Å². The molecular formula is C14H20FN3O2S. The van der Waals surface area contributed by atoms with Gasteiger partial charge in [0.25, 0.3) is 0 Å². The highest BCUT2D eigenvalue weighted by Gasteiger charge is 2.26. The van der Waals surface area contributed by atoms with Crippen LogP contribution in [0.3, 0.4) is 0 Å². The molecule has 5 nitrogen and oxygen atoms in total. The first-order chi connectivity index (χ1) is 9.69. The van der Waals surface area contributed by atoms with Crippen LogP contribution in [0.1, 0.15) is 19.4 Å². The Kier molecular flexibility index (Phi) is 5.84. The summed E-state index contributed by atoms with van der Waals surface area (Å²) in [6.45, 7) is 4.30. The molecule has 0 saturated heterocycles. The molecule has 1 rings (SSSR count). The zero-order chi connectivity index (χ0) is 16.2. The normalized spacial score (nSPS) is 13.4. The highest BCUT2D eigenvalue weighted by molar-refractivity contribution is 7.89. The van der Waals surface area contributed by atoms with Crippen LogP contribution in [0, 0.1) is 23.1 Å². The smallest absolute Gasteiger partial charge is 0.242 e. The molecule has 1 aromatic carbocycles. The maximum absolute atomic E-state index is 13.6. The molecule has 1 N–H and O–H groups in total. The predicted octanol–water partition coefficient (Wildman–Crippen LogP) is 1.56. The van der Waals surface area contributed by atoms with Crippen molar-refractivity contribution in [2.75, 3.05) is 20.6 Å². The molecular weight excluding hydrogens is 293 g/mol. The molecule has 7 heteroatoms. The van der Waals surface area contributed by atoms with E-state index in [9.17, 15) is 12.8 Å². The molecule has 1 unspecified atom stereocenters. The zero-order valence-electron chi connectivity index (χ0n) is 12.6. The van der Waals surface area contributed by atoms with Gasteiger partial charge in [-0.25, -0.2) is 17.5 Å². The number of benzene rings is 1. The van der Waals surface area contributed by atoms with E-state index in [1.807, 2.05) is 32.8 Å². The van der Waals surface area contributed by atoms with Gasteiger partial charge in [-0.1, -0.05) is 19.9 Å². The summed E-state index contributed by atoms with van der Waals surface area (Å²) in [5, 5.41) is 8.96. The summed E-state index contributed by atoms with van der Waals surface area (Å²) in [6.07, 6.45) is 0. The molecule has 0 saturated carbocycles. The van der Waals surface area contributed by atoms with Crippen LogP contribution in [0.2, 0.25) is 0 Å². The fourth-order valence-corrected chi connectivity index (χ4v) is 3.42. The molecule has 21 heavy (non-hydrogen) atoms. The summed E-state index contributed by atoms with van der Waals surface area (Å²) in [4.78, 5) is 1.54. The highest BCUT2D eigenvalue weighted by atomic mass is 32.2. The molecule has 0 amide bonds. The van der Waals surface area contributed by atoms with Crippen molar-refractivity contribution >= 4 is 10.0 Å². The largest absolute Gasteiger partial charge is 0.308 e. The Morgan fingerprint density at radius 1 is 1.38 bits per heavy atom. The van der Waals surface area contributed by atoms with Crippen LogP contribution in [0.15, 0.2) is 23.1 Å². The van der Waals surface area contributed by atoms with E-state index in [1.165, 1.54) is 12.1 Å². The van der Waals surface area contributed by atoms with E-state index in [0.717, 1.165) is 6.07 Å². The van der Waals surface area contributed by atoms with Crippen LogP contribution in [0.4, 0.5) is 4.39 Å². The van der Waals surface area contributed by atoms with Crippen molar-refractivity contribution in [3.05, 3.63) is 29.6 Å². The summed E-state index contributed by atoms with van der Waals surface area (Å²) in [5.74, 6) is -0.782. The summed E-state index contributed by atoms with van der Waals surface area (Å²) >= 11 is 0. The SMILES string of the molecule is CC(C)C(CN(C)C)NS(=O)(=O)c1cccc(F)c1C#N. The van der Waals surface area contributed by atoms with Crippen LogP contribution in [-0.4, -0.2) is 40.0 Å². The zero-order valence-corrected chi connectivity index (χ0v) is 13.4. The molecule has 0 aliphatic carbocycles. The van der Waals surface area contributed by atoms with E-state index in [0.29, 0.717) is 6.54 Å². The molecule has 1 aromatic rings. The molecule has 0 spiro atoms. The number of nitrogens with one attached hydrogen (secondary N) is 1. The second kappa shape index (κ2) is 6.98. The van der Waals surface area contributed by atoms with E-state index in [1.54, 1.807) is 6.07 Å². The Balaban J connectivity index is 3.17. The topological polar surface area (TPSA) is 73.2 Å². The quantitative estimate of drug-likeness (QED) is 0.865. The molecule has 116 valence electrons. The summed E-state index contributed by atoms with van der Waals surface area (Å²) in [7, 11) is -0.275. The second-order valence-electron chi connectivity index (χ2n) is 5.46. The third-order valence-electron chi connectivity index (χ3n) is 3.05. The third kappa shape index (κ3) is 4.49. The molecule has 1 atom stereocenters.